The molecule has 4 rings (SSSR count). The van der Waals surface area contributed by atoms with Crippen molar-refractivity contribution in [3.63, 3.8) is 0 Å². The van der Waals surface area contributed by atoms with Crippen LogP contribution in [0.25, 0.3) is 33.3 Å². The lowest BCUT2D eigenvalue weighted by Gasteiger charge is -2.05. The van der Waals surface area contributed by atoms with Crippen LogP contribution < -0.4 is 0 Å². The van der Waals surface area contributed by atoms with Gasteiger partial charge < -0.3 is 20.3 Å². The van der Waals surface area contributed by atoms with Crippen LogP contribution in [0.3, 0.4) is 0 Å². The average molecular weight is 375 g/mol. The summed E-state index contributed by atoms with van der Waals surface area (Å²) >= 11 is 0. The van der Waals surface area contributed by atoms with Crippen molar-refractivity contribution < 1.29 is 20.1 Å². The van der Waals surface area contributed by atoms with Gasteiger partial charge in [-0.15, -0.1) is 0 Å². The van der Waals surface area contributed by atoms with Gasteiger partial charge >= 0.3 is 0 Å². The number of aliphatic carboxylic acids is 1. The standard InChI is InChI=1S/C21H17NO2.C2H4O2/c1-13-18-12-15(17-4-2-3-5-20(17)24)8-11-19(18)22-21(13)14-6-9-16(23)10-7-14;1-2(3)4/h2-12,22-24H,1H3;1H3,(H,3,4). The number of aromatic amines is 1. The van der Waals surface area contributed by atoms with Crippen LogP contribution in [-0.4, -0.2) is 26.3 Å². The van der Waals surface area contributed by atoms with Crippen LogP contribution in [0.15, 0.2) is 66.7 Å². The zero-order valence-corrected chi connectivity index (χ0v) is 15.6. The predicted molar refractivity (Wildman–Crippen MR) is 111 cm³/mol. The van der Waals surface area contributed by atoms with E-state index in [1.807, 2.05) is 42.5 Å². The van der Waals surface area contributed by atoms with E-state index in [1.54, 1.807) is 18.2 Å². The van der Waals surface area contributed by atoms with Crippen LogP contribution in [0.1, 0.15) is 12.5 Å². The molecule has 0 amide bonds. The van der Waals surface area contributed by atoms with Gasteiger partial charge in [0, 0.05) is 29.1 Å². The summed E-state index contributed by atoms with van der Waals surface area (Å²) in [5.74, 6) is -0.293. The molecule has 142 valence electrons. The highest BCUT2D eigenvalue weighted by Crippen LogP contribution is 2.35. The van der Waals surface area contributed by atoms with Crippen molar-refractivity contribution >= 4 is 16.9 Å². The highest BCUT2D eigenvalue weighted by Gasteiger charge is 2.12. The maximum Gasteiger partial charge on any atom is 0.300 e. The molecule has 0 aliphatic carbocycles. The number of carboxylic acids is 1. The molecule has 5 nitrogen and oxygen atoms in total. The molecule has 5 heteroatoms. The lowest BCUT2D eigenvalue weighted by molar-refractivity contribution is -0.134. The summed E-state index contributed by atoms with van der Waals surface area (Å²) < 4.78 is 0. The predicted octanol–water partition coefficient (Wildman–Crippen LogP) is 5.31. The molecule has 4 N–H and O–H groups in total. The van der Waals surface area contributed by atoms with Gasteiger partial charge in [0.15, 0.2) is 0 Å². The summed E-state index contributed by atoms with van der Waals surface area (Å²) in [6, 6.07) is 20.7. The quantitative estimate of drug-likeness (QED) is 0.382. The fourth-order valence-electron chi connectivity index (χ4n) is 3.13. The van der Waals surface area contributed by atoms with Gasteiger partial charge in [0.2, 0.25) is 0 Å². The number of phenols is 2. The molecule has 0 aliphatic heterocycles. The van der Waals surface area contributed by atoms with E-state index < -0.39 is 5.97 Å². The minimum absolute atomic E-state index is 0.259. The summed E-state index contributed by atoms with van der Waals surface area (Å²) in [5.41, 5.74) is 6.08. The number of benzene rings is 3. The highest BCUT2D eigenvalue weighted by atomic mass is 16.4. The van der Waals surface area contributed by atoms with Gasteiger partial charge in [-0.1, -0.05) is 24.3 Å². The van der Waals surface area contributed by atoms with Crippen LogP contribution in [0.2, 0.25) is 0 Å². The zero-order chi connectivity index (χ0) is 20.3. The normalized spacial score (nSPS) is 10.4. The summed E-state index contributed by atoms with van der Waals surface area (Å²) in [4.78, 5) is 12.4. The number of hydrogen-bond acceptors (Lipinski definition) is 3. The van der Waals surface area contributed by atoms with Crippen LogP contribution in [-0.2, 0) is 4.79 Å². The van der Waals surface area contributed by atoms with Crippen molar-refractivity contribution in [2.75, 3.05) is 0 Å². The first-order valence-corrected chi connectivity index (χ1v) is 8.76. The monoisotopic (exact) mass is 375 g/mol. The summed E-state index contributed by atoms with van der Waals surface area (Å²) in [7, 11) is 0. The van der Waals surface area contributed by atoms with E-state index in [1.165, 1.54) is 0 Å². The molecule has 28 heavy (non-hydrogen) atoms. The lowest BCUT2D eigenvalue weighted by atomic mass is 10.0. The number of H-pyrrole nitrogens is 1. The molecule has 0 spiro atoms. The van der Waals surface area contributed by atoms with E-state index in [0.717, 1.165) is 45.8 Å². The van der Waals surface area contributed by atoms with E-state index in [0.29, 0.717) is 0 Å². The number of carboxylic acid groups (broad SMARTS) is 1. The molecule has 0 fully saturated rings. The van der Waals surface area contributed by atoms with Gasteiger partial charge in [-0.2, -0.15) is 0 Å². The van der Waals surface area contributed by atoms with Crippen LogP contribution in [0, 0.1) is 6.92 Å². The van der Waals surface area contributed by atoms with Crippen molar-refractivity contribution in [3.05, 3.63) is 72.3 Å². The Morgan fingerprint density at radius 2 is 1.50 bits per heavy atom. The lowest BCUT2D eigenvalue weighted by Crippen LogP contribution is -1.80. The third kappa shape index (κ3) is 3.99. The molecular formula is C23H21NO4. The number of para-hydroxylation sites is 1. The van der Waals surface area contributed by atoms with Gasteiger partial charge in [-0.25, -0.2) is 0 Å². The number of hydrogen-bond donors (Lipinski definition) is 4. The Balaban J connectivity index is 0.000000516. The number of aromatic nitrogens is 1. The number of nitrogens with one attached hydrogen (secondary N) is 1. The molecular weight excluding hydrogens is 354 g/mol. The summed E-state index contributed by atoms with van der Waals surface area (Å²) in [6.45, 7) is 3.16. The Labute approximate surface area is 162 Å². The minimum atomic E-state index is -0.833. The largest absolute Gasteiger partial charge is 0.508 e. The number of rotatable bonds is 2. The highest BCUT2D eigenvalue weighted by molar-refractivity contribution is 5.94. The number of carbonyl (C=O) groups is 1. The van der Waals surface area contributed by atoms with E-state index in [2.05, 4.69) is 18.0 Å². The molecule has 0 bridgehead atoms. The number of phenolic OH excluding ortho intramolecular Hbond substituents is 2. The smallest absolute Gasteiger partial charge is 0.300 e. The average Bonchev–Trinajstić information content (AvgIpc) is 2.99. The van der Waals surface area contributed by atoms with Gasteiger partial charge in [0.25, 0.3) is 5.97 Å². The van der Waals surface area contributed by atoms with Gasteiger partial charge in [0.1, 0.15) is 11.5 Å². The summed E-state index contributed by atoms with van der Waals surface area (Å²) in [5, 5.41) is 28.1. The first-order valence-electron chi connectivity index (χ1n) is 8.76. The number of aromatic hydroxyl groups is 2. The first-order chi connectivity index (χ1) is 13.4. The van der Waals surface area contributed by atoms with Gasteiger partial charge in [-0.3, -0.25) is 4.79 Å². The second-order valence-corrected chi connectivity index (χ2v) is 6.47. The van der Waals surface area contributed by atoms with Crippen molar-refractivity contribution in [1.82, 2.24) is 4.98 Å². The first kappa shape index (κ1) is 19.0. The van der Waals surface area contributed by atoms with E-state index in [9.17, 15) is 10.2 Å². The molecule has 4 aromatic rings. The Morgan fingerprint density at radius 1 is 0.893 bits per heavy atom. The Hall–Kier alpha value is -3.73. The van der Waals surface area contributed by atoms with E-state index in [4.69, 9.17) is 9.90 Å². The maximum absolute atomic E-state index is 10.1. The third-order valence-corrected chi connectivity index (χ3v) is 4.43. The molecule has 1 heterocycles. The second-order valence-electron chi connectivity index (χ2n) is 6.47. The molecule has 0 saturated heterocycles. The van der Waals surface area contributed by atoms with Crippen LogP contribution in [0.4, 0.5) is 0 Å². The van der Waals surface area contributed by atoms with E-state index in [-0.39, 0.29) is 11.5 Å². The van der Waals surface area contributed by atoms with Crippen molar-refractivity contribution in [2.24, 2.45) is 0 Å². The molecule has 0 saturated carbocycles. The van der Waals surface area contributed by atoms with E-state index >= 15 is 0 Å². The molecule has 0 aliphatic rings. The Morgan fingerprint density at radius 3 is 2.14 bits per heavy atom. The SMILES string of the molecule is CC(=O)O.Cc1c(-c2ccc(O)cc2)[nH]c2ccc(-c3ccccc3O)cc12. The fourth-order valence-corrected chi connectivity index (χ4v) is 3.13. The molecule has 0 unspecified atom stereocenters. The number of fused-ring (bicyclic) bond motifs is 1. The molecule has 3 aromatic carbocycles. The molecule has 0 radical (unpaired) electrons. The maximum atomic E-state index is 10.1. The topological polar surface area (TPSA) is 93.5 Å². The van der Waals surface area contributed by atoms with Gasteiger partial charge in [-0.05, 0) is 66.1 Å². The van der Waals surface area contributed by atoms with Gasteiger partial charge in [0.05, 0.1) is 0 Å². The van der Waals surface area contributed by atoms with Crippen LogP contribution in [0.5, 0.6) is 11.5 Å². The van der Waals surface area contributed by atoms with Crippen LogP contribution >= 0.6 is 0 Å². The molecule has 0 atom stereocenters. The minimum Gasteiger partial charge on any atom is -0.508 e. The fraction of sp³-hybridized carbons (Fsp3) is 0.0870. The third-order valence-electron chi connectivity index (χ3n) is 4.43. The second kappa shape index (κ2) is 7.88. The molecule has 1 aromatic heterocycles. The van der Waals surface area contributed by atoms with Crippen molar-refractivity contribution in [2.45, 2.75) is 13.8 Å². The number of aryl methyl sites for hydroxylation is 1. The Bertz CT molecular complexity index is 1120. The zero-order valence-electron chi connectivity index (χ0n) is 15.6. The Kier molecular flexibility index (Phi) is 5.36. The summed E-state index contributed by atoms with van der Waals surface area (Å²) in [6.07, 6.45) is 0. The van der Waals surface area contributed by atoms with Crippen molar-refractivity contribution in [1.29, 1.82) is 0 Å². The van der Waals surface area contributed by atoms with Crippen molar-refractivity contribution in [3.8, 4) is 33.9 Å².